The van der Waals surface area contributed by atoms with Gasteiger partial charge in [-0.15, -0.1) is 0 Å². The van der Waals surface area contributed by atoms with Crippen LogP contribution in [0.4, 0.5) is 11.4 Å². The zero-order valence-corrected chi connectivity index (χ0v) is 19.9. The van der Waals surface area contributed by atoms with Crippen LogP contribution in [0.5, 0.6) is 0 Å². The topological polar surface area (TPSA) is 74.5 Å². The summed E-state index contributed by atoms with van der Waals surface area (Å²) < 4.78 is 1.85. The van der Waals surface area contributed by atoms with Crippen LogP contribution in [0.3, 0.4) is 0 Å². The number of hydrogen-bond acceptors (Lipinski definition) is 4. The second kappa shape index (κ2) is 9.68. The molecule has 0 spiro atoms. The Morgan fingerprint density at radius 3 is 2.50 bits per heavy atom. The van der Waals surface area contributed by atoms with E-state index in [-0.39, 0.29) is 5.91 Å². The van der Waals surface area contributed by atoms with Crippen molar-refractivity contribution in [2.45, 2.75) is 34.2 Å². The van der Waals surface area contributed by atoms with E-state index in [1.54, 1.807) is 6.07 Å². The molecule has 0 bridgehead atoms. The standard InChI is InChI=1S/C25H32N6O/c1-16-11-12-17(2)23(13-16)27-25(26-15-22-18(3)29-31(7)19(22)4)28-24(32)20-9-8-10-21(14-20)30(5)6/h8-14H,15H2,1-7H3,(H2,26,27,28,32). The number of anilines is 2. The van der Waals surface area contributed by atoms with Crippen LogP contribution >= 0.6 is 0 Å². The summed E-state index contributed by atoms with van der Waals surface area (Å²) in [5, 5.41) is 10.8. The fourth-order valence-corrected chi connectivity index (χ4v) is 3.42. The second-order valence-electron chi connectivity index (χ2n) is 8.28. The highest BCUT2D eigenvalue weighted by Gasteiger charge is 2.14. The zero-order chi connectivity index (χ0) is 23.4. The average molecular weight is 433 g/mol. The minimum absolute atomic E-state index is 0.218. The van der Waals surface area contributed by atoms with Gasteiger partial charge >= 0.3 is 0 Å². The summed E-state index contributed by atoms with van der Waals surface area (Å²) in [5.41, 5.74) is 7.68. The van der Waals surface area contributed by atoms with Gasteiger partial charge in [-0.2, -0.15) is 5.10 Å². The van der Waals surface area contributed by atoms with E-state index in [1.807, 2.05) is 88.8 Å². The van der Waals surface area contributed by atoms with Gasteiger partial charge in [0.1, 0.15) is 0 Å². The molecule has 0 saturated heterocycles. The van der Waals surface area contributed by atoms with Crippen molar-refractivity contribution in [3.8, 4) is 0 Å². The van der Waals surface area contributed by atoms with Gasteiger partial charge in [-0.3, -0.25) is 14.8 Å². The Balaban J connectivity index is 1.91. The van der Waals surface area contributed by atoms with Crippen LogP contribution in [0, 0.1) is 27.7 Å². The molecule has 2 N–H and O–H groups in total. The molecular formula is C25H32N6O. The molecule has 0 aliphatic carbocycles. The predicted molar refractivity (Wildman–Crippen MR) is 132 cm³/mol. The summed E-state index contributed by atoms with van der Waals surface area (Å²) in [4.78, 5) is 19.7. The van der Waals surface area contributed by atoms with Gasteiger partial charge in [0.25, 0.3) is 5.91 Å². The third-order valence-electron chi connectivity index (χ3n) is 5.56. The lowest BCUT2D eigenvalue weighted by Crippen LogP contribution is -2.36. The smallest absolute Gasteiger partial charge is 0.258 e. The van der Waals surface area contributed by atoms with E-state index in [1.165, 1.54) is 0 Å². The van der Waals surface area contributed by atoms with Crippen LogP contribution in [0.1, 0.15) is 38.4 Å². The Labute approximate surface area is 190 Å². The average Bonchev–Trinajstić information content (AvgIpc) is 3.00. The second-order valence-corrected chi connectivity index (χ2v) is 8.28. The lowest BCUT2D eigenvalue weighted by atomic mass is 10.1. The molecule has 0 aliphatic rings. The normalized spacial score (nSPS) is 11.4. The van der Waals surface area contributed by atoms with Crippen LogP contribution in [0.2, 0.25) is 0 Å². The molecule has 7 heteroatoms. The minimum Gasteiger partial charge on any atom is -0.378 e. The molecule has 0 unspecified atom stereocenters. The first-order valence-corrected chi connectivity index (χ1v) is 10.6. The Morgan fingerprint density at radius 1 is 1.09 bits per heavy atom. The number of carbonyl (C=O) groups excluding carboxylic acids is 1. The summed E-state index contributed by atoms with van der Waals surface area (Å²) in [7, 11) is 5.82. The summed E-state index contributed by atoms with van der Waals surface area (Å²) in [6, 6.07) is 13.7. The van der Waals surface area contributed by atoms with Gasteiger partial charge in [0.15, 0.2) is 0 Å². The molecule has 1 amide bonds. The number of carbonyl (C=O) groups is 1. The van der Waals surface area contributed by atoms with Gasteiger partial charge in [0.05, 0.1) is 12.2 Å². The van der Waals surface area contributed by atoms with Crippen molar-refractivity contribution in [2.24, 2.45) is 12.0 Å². The van der Waals surface area contributed by atoms with Gasteiger partial charge in [-0.1, -0.05) is 18.2 Å². The van der Waals surface area contributed by atoms with Gasteiger partial charge in [-0.25, -0.2) is 4.99 Å². The van der Waals surface area contributed by atoms with Gasteiger partial charge < -0.3 is 10.2 Å². The highest BCUT2D eigenvalue weighted by Crippen LogP contribution is 2.18. The monoisotopic (exact) mass is 432 g/mol. The first-order valence-electron chi connectivity index (χ1n) is 10.6. The predicted octanol–water partition coefficient (Wildman–Crippen LogP) is 4.12. The zero-order valence-electron chi connectivity index (χ0n) is 19.9. The molecule has 0 radical (unpaired) electrons. The van der Waals surface area contributed by atoms with Crippen molar-refractivity contribution < 1.29 is 4.79 Å². The Kier molecular flexibility index (Phi) is 6.98. The van der Waals surface area contributed by atoms with E-state index >= 15 is 0 Å². The van der Waals surface area contributed by atoms with Crippen LogP contribution in [0.25, 0.3) is 0 Å². The maximum Gasteiger partial charge on any atom is 0.258 e. The van der Waals surface area contributed by atoms with Gasteiger partial charge in [0, 0.05) is 49.3 Å². The number of hydrogen-bond donors (Lipinski definition) is 2. The lowest BCUT2D eigenvalue weighted by Gasteiger charge is -2.16. The van der Waals surface area contributed by atoms with Crippen LogP contribution < -0.4 is 15.5 Å². The fourth-order valence-electron chi connectivity index (χ4n) is 3.42. The van der Waals surface area contributed by atoms with Crippen molar-refractivity contribution in [3.63, 3.8) is 0 Å². The summed E-state index contributed by atoms with van der Waals surface area (Å²) in [6.45, 7) is 8.47. The first kappa shape index (κ1) is 23.1. The number of benzene rings is 2. The number of aromatic nitrogens is 2. The van der Waals surface area contributed by atoms with Crippen molar-refractivity contribution >= 4 is 23.2 Å². The number of nitrogens with zero attached hydrogens (tertiary/aromatic N) is 4. The highest BCUT2D eigenvalue weighted by atomic mass is 16.1. The molecule has 3 rings (SSSR count). The van der Waals surface area contributed by atoms with Gasteiger partial charge in [0.2, 0.25) is 5.96 Å². The largest absolute Gasteiger partial charge is 0.378 e. The third kappa shape index (κ3) is 5.35. The molecule has 3 aromatic rings. The first-order chi connectivity index (χ1) is 15.2. The number of rotatable bonds is 5. The van der Waals surface area contributed by atoms with Gasteiger partial charge in [-0.05, 0) is 63.1 Å². The molecule has 0 atom stereocenters. The van der Waals surface area contributed by atoms with Crippen molar-refractivity contribution in [2.75, 3.05) is 24.3 Å². The molecular weight excluding hydrogens is 400 g/mol. The number of guanidine groups is 1. The number of aliphatic imine (C=N–C) groups is 1. The molecule has 1 heterocycles. The number of aryl methyl sites for hydroxylation is 4. The van der Waals surface area contributed by atoms with Crippen molar-refractivity contribution in [1.29, 1.82) is 0 Å². The van der Waals surface area contributed by atoms with E-state index in [2.05, 4.69) is 21.8 Å². The van der Waals surface area contributed by atoms with Crippen molar-refractivity contribution in [1.82, 2.24) is 15.1 Å². The van der Waals surface area contributed by atoms with E-state index in [4.69, 9.17) is 4.99 Å². The quantitative estimate of drug-likeness (QED) is 0.470. The third-order valence-corrected chi connectivity index (χ3v) is 5.56. The Bertz CT molecular complexity index is 1160. The minimum atomic E-state index is -0.218. The maximum absolute atomic E-state index is 13.1. The fraction of sp³-hybridized carbons (Fsp3) is 0.320. The molecule has 0 saturated carbocycles. The Morgan fingerprint density at radius 2 is 1.84 bits per heavy atom. The Hall–Kier alpha value is -3.61. The molecule has 0 aliphatic heterocycles. The van der Waals surface area contributed by atoms with E-state index < -0.39 is 0 Å². The maximum atomic E-state index is 13.1. The molecule has 7 nitrogen and oxygen atoms in total. The molecule has 2 aromatic carbocycles. The molecule has 1 aromatic heterocycles. The molecule has 168 valence electrons. The summed E-state index contributed by atoms with van der Waals surface area (Å²) in [6.07, 6.45) is 0. The van der Waals surface area contributed by atoms with Crippen LogP contribution in [0.15, 0.2) is 47.5 Å². The van der Waals surface area contributed by atoms with E-state index in [9.17, 15) is 4.79 Å². The van der Waals surface area contributed by atoms with E-state index in [0.717, 1.165) is 39.5 Å². The molecule has 32 heavy (non-hydrogen) atoms. The number of amides is 1. The van der Waals surface area contributed by atoms with Crippen LogP contribution in [-0.4, -0.2) is 35.7 Å². The number of nitrogens with one attached hydrogen (secondary N) is 2. The lowest BCUT2D eigenvalue weighted by molar-refractivity contribution is 0.0977. The highest BCUT2D eigenvalue weighted by molar-refractivity contribution is 6.10. The molecule has 0 fully saturated rings. The summed E-state index contributed by atoms with van der Waals surface area (Å²) in [5.74, 6) is 0.187. The van der Waals surface area contributed by atoms with E-state index in [0.29, 0.717) is 18.1 Å². The summed E-state index contributed by atoms with van der Waals surface area (Å²) >= 11 is 0. The van der Waals surface area contributed by atoms with Crippen LogP contribution in [-0.2, 0) is 13.6 Å². The SMILES string of the molecule is Cc1ccc(C)c(NC(=NCc2c(C)nn(C)c2C)NC(=O)c2cccc(N(C)C)c2)c1. The van der Waals surface area contributed by atoms with Crippen molar-refractivity contribution in [3.05, 3.63) is 76.1 Å².